The molecule has 108 valence electrons. The van der Waals surface area contributed by atoms with E-state index < -0.39 is 17.8 Å². The molecule has 0 bridgehead atoms. The third kappa shape index (κ3) is 5.59. The van der Waals surface area contributed by atoms with Gasteiger partial charge in [-0.3, -0.25) is 4.79 Å². The van der Waals surface area contributed by atoms with Gasteiger partial charge in [0.15, 0.2) is 0 Å². The van der Waals surface area contributed by atoms with Crippen molar-refractivity contribution in [3.05, 3.63) is 35.1 Å². The molecule has 0 spiro atoms. The van der Waals surface area contributed by atoms with Crippen LogP contribution in [0.5, 0.6) is 0 Å². The third-order valence-corrected chi connectivity index (χ3v) is 3.58. The van der Waals surface area contributed by atoms with Crippen LogP contribution in [0.25, 0.3) is 0 Å². The lowest BCUT2D eigenvalue weighted by atomic mass is 10.1. The van der Waals surface area contributed by atoms with Crippen molar-refractivity contribution in [2.24, 2.45) is 5.73 Å². The van der Waals surface area contributed by atoms with Gasteiger partial charge in [0.05, 0.1) is 18.2 Å². The van der Waals surface area contributed by atoms with Crippen LogP contribution in [-0.2, 0) is 15.3 Å². The number of benzene rings is 1. The second kappa shape index (κ2) is 8.56. The predicted molar refractivity (Wildman–Crippen MR) is 76.5 cm³/mol. The molecular formula is C14H17FN2O2S. The van der Waals surface area contributed by atoms with Crippen molar-refractivity contribution >= 4 is 17.7 Å². The Hall–Kier alpha value is -1.58. The number of halogens is 1. The van der Waals surface area contributed by atoms with Crippen molar-refractivity contribution in [2.45, 2.75) is 25.1 Å². The third-order valence-electron chi connectivity index (χ3n) is 2.52. The Morgan fingerprint density at radius 3 is 2.95 bits per heavy atom. The van der Waals surface area contributed by atoms with E-state index in [0.29, 0.717) is 30.1 Å². The Balaban J connectivity index is 2.36. The minimum atomic E-state index is -0.621. The lowest BCUT2D eigenvalue weighted by molar-refractivity contribution is -0.144. The summed E-state index contributed by atoms with van der Waals surface area (Å²) in [6.07, 6.45) is 0.504. The zero-order chi connectivity index (χ0) is 15.0. The van der Waals surface area contributed by atoms with E-state index in [-0.39, 0.29) is 0 Å². The minimum Gasteiger partial charge on any atom is -0.465 e. The normalized spacial score (nSPS) is 11.7. The molecule has 2 N–H and O–H groups in total. The molecule has 1 aromatic carbocycles. The van der Waals surface area contributed by atoms with Gasteiger partial charge < -0.3 is 10.5 Å². The molecule has 0 aliphatic heterocycles. The monoisotopic (exact) mass is 296 g/mol. The van der Waals surface area contributed by atoms with Gasteiger partial charge in [-0.1, -0.05) is 0 Å². The smallest absolute Gasteiger partial charge is 0.322 e. The van der Waals surface area contributed by atoms with Gasteiger partial charge in [0, 0.05) is 5.75 Å². The van der Waals surface area contributed by atoms with E-state index in [4.69, 9.17) is 15.7 Å². The molecule has 1 atom stereocenters. The topological polar surface area (TPSA) is 76.1 Å². The number of esters is 1. The lowest BCUT2D eigenvalue weighted by Crippen LogP contribution is -2.32. The molecule has 1 rings (SSSR count). The Morgan fingerprint density at radius 1 is 1.55 bits per heavy atom. The van der Waals surface area contributed by atoms with Crippen molar-refractivity contribution in [3.8, 4) is 6.07 Å². The van der Waals surface area contributed by atoms with E-state index >= 15 is 0 Å². The molecule has 0 heterocycles. The minimum absolute atomic E-state index is 0.309. The van der Waals surface area contributed by atoms with Gasteiger partial charge in [-0.2, -0.15) is 17.0 Å². The summed E-state index contributed by atoms with van der Waals surface area (Å²) in [7, 11) is 0. The summed E-state index contributed by atoms with van der Waals surface area (Å²) in [6, 6.07) is 5.55. The lowest BCUT2D eigenvalue weighted by Gasteiger charge is -2.10. The summed E-state index contributed by atoms with van der Waals surface area (Å²) in [5.41, 5.74) is 6.72. The molecule has 0 fully saturated rings. The summed E-state index contributed by atoms with van der Waals surface area (Å²) < 4.78 is 18.0. The number of nitrogens with zero attached hydrogens (tertiary/aromatic N) is 1. The van der Waals surface area contributed by atoms with Crippen molar-refractivity contribution < 1.29 is 13.9 Å². The number of carbonyl (C=O) groups is 1. The fraction of sp³-hybridized carbons (Fsp3) is 0.429. The highest BCUT2D eigenvalue weighted by molar-refractivity contribution is 7.98. The summed E-state index contributed by atoms with van der Waals surface area (Å²) in [6.45, 7) is 2.05. The van der Waals surface area contributed by atoms with Crippen molar-refractivity contribution in [3.63, 3.8) is 0 Å². The first-order chi connectivity index (χ1) is 9.56. The van der Waals surface area contributed by atoms with Crippen LogP contribution < -0.4 is 5.73 Å². The molecule has 0 aliphatic carbocycles. The van der Waals surface area contributed by atoms with Crippen LogP contribution in [0.2, 0.25) is 0 Å². The van der Waals surface area contributed by atoms with Crippen LogP contribution in [0.4, 0.5) is 4.39 Å². The first-order valence-electron chi connectivity index (χ1n) is 6.26. The van der Waals surface area contributed by atoms with Crippen LogP contribution in [0.3, 0.4) is 0 Å². The summed E-state index contributed by atoms with van der Waals surface area (Å²) >= 11 is 1.53. The standard InChI is InChI=1S/C14H17FN2O2S/c1-2-19-14(18)13(17)3-4-20-9-11-5-10(8-16)6-12(15)7-11/h5-7,13H,2-4,9,17H2,1H3. The van der Waals surface area contributed by atoms with Gasteiger partial charge in [-0.15, -0.1) is 0 Å². The Kier molecular flexibility index (Phi) is 7.05. The summed E-state index contributed by atoms with van der Waals surface area (Å²) in [4.78, 5) is 11.3. The van der Waals surface area contributed by atoms with E-state index in [9.17, 15) is 9.18 Å². The summed E-state index contributed by atoms with van der Waals surface area (Å²) in [5.74, 6) is 0.425. The highest BCUT2D eigenvalue weighted by Gasteiger charge is 2.13. The molecule has 1 aromatic rings. The number of ether oxygens (including phenoxy) is 1. The molecule has 0 radical (unpaired) electrons. The van der Waals surface area contributed by atoms with E-state index in [1.54, 1.807) is 13.0 Å². The highest BCUT2D eigenvalue weighted by atomic mass is 32.2. The molecule has 0 aliphatic rings. The number of rotatable bonds is 7. The number of hydrogen-bond acceptors (Lipinski definition) is 5. The second-order valence-corrected chi connectivity index (χ2v) is 5.26. The molecule has 0 amide bonds. The maximum atomic E-state index is 13.2. The summed E-state index contributed by atoms with van der Waals surface area (Å²) in [5, 5.41) is 8.75. The van der Waals surface area contributed by atoms with Crippen LogP contribution in [-0.4, -0.2) is 24.4 Å². The van der Waals surface area contributed by atoms with Gasteiger partial charge in [0.25, 0.3) is 0 Å². The van der Waals surface area contributed by atoms with E-state index in [1.165, 1.54) is 23.9 Å². The maximum absolute atomic E-state index is 13.2. The Morgan fingerprint density at radius 2 is 2.30 bits per heavy atom. The molecule has 0 aromatic heterocycles. The van der Waals surface area contributed by atoms with Gasteiger partial charge in [0.2, 0.25) is 0 Å². The van der Waals surface area contributed by atoms with E-state index in [0.717, 1.165) is 5.56 Å². The average molecular weight is 296 g/mol. The number of carbonyl (C=O) groups excluding carboxylic acids is 1. The molecule has 6 heteroatoms. The number of hydrogen-bond donors (Lipinski definition) is 1. The Labute approximate surface area is 122 Å². The van der Waals surface area contributed by atoms with Crippen LogP contribution >= 0.6 is 11.8 Å². The largest absolute Gasteiger partial charge is 0.465 e. The van der Waals surface area contributed by atoms with Crippen molar-refractivity contribution in [1.82, 2.24) is 0 Å². The van der Waals surface area contributed by atoms with Gasteiger partial charge >= 0.3 is 5.97 Å². The van der Waals surface area contributed by atoms with Gasteiger partial charge in [-0.05, 0) is 42.9 Å². The van der Waals surface area contributed by atoms with E-state index in [1.807, 2.05) is 6.07 Å². The first-order valence-corrected chi connectivity index (χ1v) is 7.41. The van der Waals surface area contributed by atoms with Crippen molar-refractivity contribution in [2.75, 3.05) is 12.4 Å². The molecule has 4 nitrogen and oxygen atoms in total. The van der Waals surface area contributed by atoms with Gasteiger partial charge in [0.1, 0.15) is 11.9 Å². The van der Waals surface area contributed by atoms with Crippen molar-refractivity contribution in [1.29, 1.82) is 5.26 Å². The zero-order valence-electron chi connectivity index (χ0n) is 11.3. The Bertz CT molecular complexity index is 502. The zero-order valence-corrected chi connectivity index (χ0v) is 12.1. The SMILES string of the molecule is CCOC(=O)C(N)CCSCc1cc(F)cc(C#N)c1. The molecule has 0 saturated heterocycles. The predicted octanol–water partition coefficient (Wildman–Crippen LogP) is 2.21. The number of thioether (sulfide) groups is 1. The van der Waals surface area contributed by atoms with Crippen LogP contribution in [0, 0.1) is 17.1 Å². The van der Waals surface area contributed by atoms with Crippen LogP contribution in [0.1, 0.15) is 24.5 Å². The number of nitrogens with two attached hydrogens (primary N) is 1. The quantitative estimate of drug-likeness (QED) is 0.616. The molecular weight excluding hydrogens is 279 g/mol. The maximum Gasteiger partial charge on any atom is 0.322 e. The van der Waals surface area contributed by atoms with E-state index in [2.05, 4.69) is 0 Å². The highest BCUT2D eigenvalue weighted by Crippen LogP contribution is 2.16. The van der Waals surface area contributed by atoms with Gasteiger partial charge in [-0.25, -0.2) is 4.39 Å². The average Bonchev–Trinajstić information content (AvgIpc) is 2.43. The fourth-order valence-corrected chi connectivity index (χ4v) is 2.53. The number of nitriles is 1. The molecule has 0 saturated carbocycles. The fourth-order valence-electron chi connectivity index (χ4n) is 1.57. The second-order valence-electron chi connectivity index (χ2n) is 4.16. The molecule has 1 unspecified atom stereocenters. The first kappa shape index (κ1) is 16.5. The molecule has 20 heavy (non-hydrogen) atoms. The van der Waals surface area contributed by atoms with Crippen LogP contribution in [0.15, 0.2) is 18.2 Å².